The van der Waals surface area contributed by atoms with Crippen LogP contribution in [0.1, 0.15) is 49.8 Å². The van der Waals surface area contributed by atoms with Gasteiger partial charge in [-0.1, -0.05) is 45.0 Å². The van der Waals surface area contributed by atoms with Crippen LogP contribution in [0.5, 0.6) is 11.5 Å². The lowest BCUT2D eigenvalue weighted by Gasteiger charge is -2.19. The highest BCUT2D eigenvalue weighted by Crippen LogP contribution is 2.47. The topological polar surface area (TPSA) is 59.9 Å². The van der Waals surface area contributed by atoms with Gasteiger partial charge in [0, 0.05) is 5.92 Å². The molecule has 29 heavy (non-hydrogen) atoms. The zero-order valence-corrected chi connectivity index (χ0v) is 19.6. The average Bonchev–Trinajstić information content (AvgIpc) is 3.48. The second-order valence-corrected chi connectivity index (χ2v) is 9.46. The molecule has 0 aliphatic heterocycles. The van der Waals surface area contributed by atoms with Crippen molar-refractivity contribution in [2.24, 2.45) is 11.0 Å². The molecule has 1 N–H and O–H groups in total. The molecule has 1 saturated carbocycles. The molecule has 1 fully saturated rings. The lowest BCUT2D eigenvalue weighted by Crippen LogP contribution is -2.20. The van der Waals surface area contributed by atoms with Crippen LogP contribution in [0, 0.1) is 9.49 Å². The van der Waals surface area contributed by atoms with Gasteiger partial charge in [-0.05, 0) is 69.2 Å². The normalized spacial score (nSPS) is 18.6. The highest BCUT2D eigenvalue weighted by atomic mass is 127. The Labute approximate surface area is 186 Å². The van der Waals surface area contributed by atoms with Crippen LogP contribution in [0.2, 0.25) is 0 Å². The van der Waals surface area contributed by atoms with Crippen LogP contribution in [0.3, 0.4) is 0 Å². The summed E-state index contributed by atoms with van der Waals surface area (Å²) in [5.74, 6) is 1.54. The first-order chi connectivity index (χ1) is 13.7. The molecule has 2 aromatic carbocycles. The number of rotatable bonds is 6. The molecule has 5 nitrogen and oxygen atoms in total. The highest BCUT2D eigenvalue weighted by molar-refractivity contribution is 14.1. The summed E-state index contributed by atoms with van der Waals surface area (Å²) in [5.41, 5.74) is 6.16. The third-order valence-corrected chi connectivity index (χ3v) is 5.98. The number of halogens is 1. The van der Waals surface area contributed by atoms with Crippen molar-refractivity contribution >= 4 is 34.7 Å². The van der Waals surface area contributed by atoms with E-state index < -0.39 is 0 Å². The van der Waals surface area contributed by atoms with Crippen LogP contribution in [-0.2, 0) is 10.2 Å². The summed E-state index contributed by atoms with van der Waals surface area (Å²) in [6.07, 6.45) is 2.49. The van der Waals surface area contributed by atoms with E-state index in [-0.39, 0.29) is 23.2 Å². The summed E-state index contributed by atoms with van der Waals surface area (Å²) in [6, 6.07) is 12.4. The molecule has 0 aromatic heterocycles. The molecule has 6 heteroatoms. The number of benzene rings is 2. The van der Waals surface area contributed by atoms with Gasteiger partial charge in [-0.3, -0.25) is 4.79 Å². The monoisotopic (exact) mass is 506 g/mol. The summed E-state index contributed by atoms with van der Waals surface area (Å²) in [6.45, 7) is 6.60. The number of hydrogen-bond donors (Lipinski definition) is 1. The summed E-state index contributed by atoms with van der Waals surface area (Å²) >= 11 is 2.18. The first-order valence-electron chi connectivity index (χ1n) is 9.59. The number of methoxy groups -OCH3 is 2. The van der Waals surface area contributed by atoms with E-state index in [1.165, 1.54) is 11.1 Å². The number of ether oxygens (including phenoxy) is 2. The molecule has 1 aliphatic rings. The van der Waals surface area contributed by atoms with E-state index >= 15 is 0 Å². The van der Waals surface area contributed by atoms with Crippen molar-refractivity contribution in [3.8, 4) is 11.5 Å². The Balaban J connectivity index is 1.59. The SMILES string of the molecule is COc1cc(/C=N/NC(=O)[C@@H]2C[C@@H]2c2ccc(C(C)(C)C)cc2)cc(I)c1OC. The predicted octanol–water partition coefficient (Wildman–Crippen LogP) is 4.86. The quantitative estimate of drug-likeness (QED) is 0.346. The van der Waals surface area contributed by atoms with Crippen LogP contribution in [0.4, 0.5) is 0 Å². The molecule has 0 spiro atoms. The summed E-state index contributed by atoms with van der Waals surface area (Å²) < 4.78 is 11.6. The molecular weight excluding hydrogens is 479 g/mol. The fourth-order valence-corrected chi connectivity index (χ4v) is 4.19. The maximum atomic E-state index is 12.4. The fraction of sp³-hybridized carbons (Fsp3) is 0.391. The molecule has 1 amide bonds. The van der Waals surface area contributed by atoms with Gasteiger partial charge in [0.05, 0.1) is 24.0 Å². The van der Waals surface area contributed by atoms with Crippen LogP contribution >= 0.6 is 22.6 Å². The Morgan fingerprint density at radius 2 is 1.86 bits per heavy atom. The van der Waals surface area contributed by atoms with E-state index in [0.29, 0.717) is 11.5 Å². The second kappa shape index (κ2) is 8.73. The van der Waals surface area contributed by atoms with Gasteiger partial charge >= 0.3 is 0 Å². The molecular formula is C23H27IN2O3. The second-order valence-electron chi connectivity index (χ2n) is 8.29. The van der Waals surface area contributed by atoms with Gasteiger partial charge in [0.25, 0.3) is 0 Å². The first kappa shape index (κ1) is 21.6. The van der Waals surface area contributed by atoms with Crippen molar-refractivity contribution in [1.29, 1.82) is 0 Å². The molecule has 0 saturated heterocycles. The van der Waals surface area contributed by atoms with Crippen LogP contribution < -0.4 is 14.9 Å². The Hall–Kier alpha value is -2.09. The maximum absolute atomic E-state index is 12.4. The van der Waals surface area contributed by atoms with E-state index in [2.05, 4.69) is 78.2 Å². The molecule has 154 valence electrons. The number of hydrazone groups is 1. The lowest BCUT2D eigenvalue weighted by molar-refractivity contribution is -0.122. The van der Waals surface area contributed by atoms with Gasteiger partial charge in [-0.15, -0.1) is 0 Å². The van der Waals surface area contributed by atoms with E-state index in [0.717, 1.165) is 15.6 Å². The summed E-state index contributed by atoms with van der Waals surface area (Å²) in [4.78, 5) is 12.4. The zero-order chi connectivity index (χ0) is 21.2. The number of amides is 1. The van der Waals surface area contributed by atoms with Gasteiger partial charge in [0.15, 0.2) is 11.5 Å². The summed E-state index contributed by atoms with van der Waals surface area (Å²) in [7, 11) is 3.20. The van der Waals surface area contributed by atoms with Gasteiger partial charge in [-0.2, -0.15) is 5.10 Å². The Kier molecular flexibility index (Phi) is 6.51. The van der Waals surface area contributed by atoms with Gasteiger partial charge in [-0.25, -0.2) is 5.43 Å². The third kappa shape index (κ3) is 5.10. The van der Waals surface area contributed by atoms with Crippen molar-refractivity contribution in [1.82, 2.24) is 5.43 Å². The van der Waals surface area contributed by atoms with E-state index in [1.807, 2.05) is 12.1 Å². The number of carbonyl (C=O) groups excluding carboxylic acids is 1. The molecule has 0 bridgehead atoms. The fourth-order valence-electron chi connectivity index (χ4n) is 3.35. The van der Waals surface area contributed by atoms with Gasteiger partial charge in [0.2, 0.25) is 5.91 Å². The number of carbonyl (C=O) groups is 1. The Morgan fingerprint density at radius 3 is 2.45 bits per heavy atom. The first-order valence-corrected chi connectivity index (χ1v) is 10.7. The van der Waals surface area contributed by atoms with Gasteiger partial charge < -0.3 is 9.47 Å². The van der Waals surface area contributed by atoms with E-state index in [9.17, 15) is 4.79 Å². The van der Waals surface area contributed by atoms with Crippen LogP contribution in [0.25, 0.3) is 0 Å². The number of nitrogens with one attached hydrogen (secondary N) is 1. The van der Waals surface area contributed by atoms with Crippen LogP contribution in [-0.4, -0.2) is 26.3 Å². The van der Waals surface area contributed by atoms with E-state index in [4.69, 9.17) is 9.47 Å². The van der Waals surface area contributed by atoms with Gasteiger partial charge in [0.1, 0.15) is 0 Å². The lowest BCUT2D eigenvalue weighted by atomic mass is 9.86. The standard InChI is InChI=1S/C23H27IN2O3/c1-23(2,3)16-8-6-15(7-9-16)17-12-18(17)22(27)26-25-13-14-10-19(24)21(29-5)20(11-14)28-4/h6-11,13,17-18H,12H2,1-5H3,(H,26,27)/b25-13+/t17-,18-/m1/s1. The average molecular weight is 506 g/mol. The van der Waals surface area contributed by atoms with Crippen molar-refractivity contribution in [2.75, 3.05) is 14.2 Å². The molecule has 2 aromatic rings. The molecule has 0 radical (unpaired) electrons. The third-order valence-electron chi connectivity index (χ3n) is 5.18. The number of nitrogens with zero attached hydrogens (tertiary/aromatic N) is 1. The molecule has 0 heterocycles. The van der Waals surface area contributed by atoms with Crippen molar-refractivity contribution in [3.05, 3.63) is 56.7 Å². The summed E-state index contributed by atoms with van der Waals surface area (Å²) in [5, 5.41) is 4.13. The molecule has 2 atom stereocenters. The molecule has 1 aliphatic carbocycles. The highest BCUT2D eigenvalue weighted by Gasteiger charge is 2.44. The maximum Gasteiger partial charge on any atom is 0.243 e. The smallest absolute Gasteiger partial charge is 0.243 e. The van der Waals surface area contributed by atoms with E-state index in [1.54, 1.807) is 20.4 Å². The zero-order valence-electron chi connectivity index (χ0n) is 17.5. The number of hydrogen-bond acceptors (Lipinski definition) is 4. The largest absolute Gasteiger partial charge is 0.493 e. The minimum absolute atomic E-state index is 0.0156. The Morgan fingerprint density at radius 1 is 1.17 bits per heavy atom. The molecule has 3 rings (SSSR count). The predicted molar refractivity (Wildman–Crippen MR) is 124 cm³/mol. The minimum atomic E-state index is -0.0404. The minimum Gasteiger partial charge on any atom is -0.493 e. The van der Waals surface area contributed by atoms with Crippen molar-refractivity contribution < 1.29 is 14.3 Å². The molecule has 0 unspecified atom stereocenters. The Bertz CT molecular complexity index is 917. The van der Waals surface area contributed by atoms with Crippen LogP contribution in [0.15, 0.2) is 41.5 Å². The van der Waals surface area contributed by atoms with Crippen molar-refractivity contribution in [2.45, 2.75) is 38.5 Å². The van der Waals surface area contributed by atoms with Crippen molar-refractivity contribution in [3.63, 3.8) is 0 Å².